The third-order valence-electron chi connectivity index (χ3n) is 3.50. The molecule has 1 fully saturated rings. The van der Waals surface area contributed by atoms with Crippen LogP contribution >= 0.6 is 23.1 Å². The van der Waals surface area contributed by atoms with Gasteiger partial charge >= 0.3 is 0 Å². The summed E-state index contributed by atoms with van der Waals surface area (Å²) in [6.07, 6.45) is 0. The first kappa shape index (κ1) is 14.9. The minimum absolute atomic E-state index is 0.127. The second kappa shape index (κ2) is 5.62. The van der Waals surface area contributed by atoms with Crippen LogP contribution in [-0.4, -0.2) is 47.6 Å². The van der Waals surface area contributed by atoms with E-state index in [1.165, 1.54) is 11.3 Å². The predicted octanol–water partition coefficient (Wildman–Crippen LogP) is 1.59. The van der Waals surface area contributed by atoms with Crippen LogP contribution in [0.2, 0.25) is 0 Å². The van der Waals surface area contributed by atoms with E-state index in [4.69, 9.17) is 5.73 Å². The summed E-state index contributed by atoms with van der Waals surface area (Å²) in [5, 5.41) is 2.25. The number of hydrogen-bond acceptors (Lipinski definition) is 8. The second-order valence-electron chi connectivity index (χ2n) is 4.72. The molecule has 2 aromatic rings. The maximum Gasteiger partial charge on any atom is 0.223 e. The second-order valence-corrected chi connectivity index (χ2v) is 9.21. The Morgan fingerprint density at radius 2 is 2.29 bits per heavy atom. The number of nitrogen functional groups attached to an aromatic ring is 1. The molecule has 1 atom stereocenters. The fraction of sp³-hybridized carbons (Fsp3) is 0.500. The Balaban J connectivity index is 2.12. The first-order valence-corrected chi connectivity index (χ1v) is 10.3. The fourth-order valence-electron chi connectivity index (χ4n) is 2.39. The SMILES string of the molecule is CCS(=O)(=O)C1CSCCN1c1nc(N)nc2sccc12. The molecule has 0 aliphatic carbocycles. The quantitative estimate of drug-likeness (QED) is 0.904. The molecule has 21 heavy (non-hydrogen) atoms. The lowest BCUT2D eigenvalue weighted by molar-refractivity contribution is 0.579. The van der Waals surface area contributed by atoms with Gasteiger partial charge < -0.3 is 10.6 Å². The van der Waals surface area contributed by atoms with Crippen LogP contribution < -0.4 is 10.6 Å². The number of sulfone groups is 1. The Hall–Kier alpha value is -1.06. The maximum absolute atomic E-state index is 12.4. The zero-order chi connectivity index (χ0) is 15.0. The summed E-state index contributed by atoms with van der Waals surface area (Å²) in [6.45, 7) is 2.33. The Morgan fingerprint density at radius 1 is 1.48 bits per heavy atom. The minimum atomic E-state index is -3.18. The fourth-order valence-corrected chi connectivity index (χ4v) is 6.12. The van der Waals surface area contributed by atoms with Crippen molar-refractivity contribution in [3.05, 3.63) is 11.4 Å². The van der Waals surface area contributed by atoms with Crippen molar-refractivity contribution in [2.75, 3.05) is 34.4 Å². The predicted molar refractivity (Wildman–Crippen MR) is 89.7 cm³/mol. The van der Waals surface area contributed by atoms with Gasteiger partial charge in [-0.3, -0.25) is 0 Å². The molecule has 114 valence electrons. The molecular weight excluding hydrogens is 328 g/mol. The molecule has 0 radical (unpaired) electrons. The van der Waals surface area contributed by atoms with E-state index < -0.39 is 15.2 Å². The van der Waals surface area contributed by atoms with E-state index in [1.807, 2.05) is 16.3 Å². The Bertz CT molecular complexity index is 759. The number of anilines is 2. The molecule has 1 unspecified atom stereocenters. The average Bonchev–Trinajstić information content (AvgIpc) is 2.94. The number of hydrogen-bond donors (Lipinski definition) is 1. The Morgan fingerprint density at radius 3 is 3.05 bits per heavy atom. The summed E-state index contributed by atoms with van der Waals surface area (Å²) in [6, 6.07) is 1.92. The molecule has 0 saturated carbocycles. The zero-order valence-electron chi connectivity index (χ0n) is 11.5. The highest BCUT2D eigenvalue weighted by atomic mass is 32.2. The molecule has 0 bridgehead atoms. The number of fused-ring (bicyclic) bond motifs is 1. The van der Waals surface area contributed by atoms with Crippen LogP contribution in [-0.2, 0) is 9.84 Å². The minimum Gasteiger partial charge on any atom is -0.368 e. The molecule has 2 N–H and O–H groups in total. The number of aromatic nitrogens is 2. The third-order valence-corrected chi connectivity index (χ3v) is 7.59. The Kier molecular flexibility index (Phi) is 3.98. The van der Waals surface area contributed by atoms with E-state index in [-0.39, 0.29) is 11.7 Å². The molecule has 9 heteroatoms. The average molecular weight is 344 g/mol. The van der Waals surface area contributed by atoms with Crippen molar-refractivity contribution in [3.8, 4) is 0 Å². The van der Waals surface area contributed by atoms with Crippen LogP contribution in [0.1, 0.15) is 6.92 Å². The van der Waals surface area contributed by atoms with Gasteiger partial charge in [-0.1, -0.05) is 6.92 Å². The molecular formula is C12H16N4O2S3. The normalized spacial score (nSPS) is 20.0. The summed E-state index contributed by atoms with van der Waals surface area (Å²) < 4.78 is 24.7. The smallest absolute Gasteiger partial charge is 0.223 e. The number of nitrogens with two attached hydrogens (primary N) is 1. The van der Waals surface area contributed by atoms with Gasteiger partial charge in [-0.15, -0.1) is 11.3 Å². The number of nitrogens with zero attached hydrogens (tertiary/aromatic N) is 3. The van der Waals surface area contributed by atoms with E-state index in [0.717, 1.165) is 16.0 Å². The molecule has 1 aliphatic rings. The summed E-state index contributed by atoms with van der Waals surface area (Å²) in [4.78, 5) is 11.2. The molecule has 2 aromatic heterocycles. The van der Waals surface area contributed by atoms with Gasteiger partial charge in [0.25, 0.3) is 0 Å². The molecule has 1 aliphatic heterocycles. The van der Waals surface area contributed by atoms with E-state index in [1.54, 1.807) is 18.7 Å². The van der Waals surface area contributed by atoms with E-state index in [2.05, 4.69) is 9.97 Å². The van der Waals surface area contributed by atoms with Crippen molar-refractivity contribution in [3.63, 3.8) is 0 Å². The number of rotatable bonds is 3. The summed E-state index contributed by atoms with van der Waals surface area (Å²) in [5.74, 6) is 2.39. The van der Waals surface area contributed by atoms with Crippen molar-refractivity contribution in [1.29, 1.82) is 0 Å². The van der Waals surface area contributed by atoms with Crippen LogP contribution in [0.4, 0.5) is 11.8 Å². The van der Waals surface area contributed by atoms with Crippen LogP contribution in [0, 0.1) is 0 Å². The van der Waals surface area contributed by atoms with Gasteiger partial charge in [0.05, 0.1) is 5.39 Å². The largest absolute Gasteiger partial charge is 0.368 e. The van der Waals surface area contributed by atoms with Crippen molar-refractivity contribution in [2.24, 2.45) is 0 Å². The van der Waals surface area contributed by atoms with Crippen LogP contribution in [0.25, 0.3) is 10.2 Å². The topological polar surface area (TPSA) is 89.2 Å². The molecule has 0 aromatic carbocycles. The number of thiophene rings is 1. The monoisotopic (exact) mass is 344 g/mol. The van der Waals surface area contributed by atoms with Crippen molar-refractivity contribution >= 4 is 54.9 Å². The van der Waals surface area contributed by atoms with Crippen molar-refractivity contribution in [2.45, 2.75) is 12.3 Å². The van der Waals surface area contributed by atoms with Gasteiger partial charge in [-0.2, -0.15) is 16.7 Å². The van der Waals surface area contributed by atoms with E-state index in [9.17, 15) is 8.42 Å². The van der Waals surface area contributed by atoms with Gasteiger partial charge in [0, 0.05) is 23.8 Å². The first-order chi connectivity index (χ1) is 10.0. The van der Waals surface area contributed by atoms with Gasteiger partial charge in [0.1, 0.15) is 16.0 Å². The van der Waals surface area contributed by atoms with Crippen LogP contribution in [0.15, 0.2) is 11.4 Å². The lowest BCUT2D eigenvalue weighted by Crippen LogP contribution is -2.48. The molecule has 0 amide bonds. The van der Waals surface area contributed by atoms with Crippen molar-refractivity contribution in [1.82, 2.24) is 9.97 Å². The van der Waals surface area contributed by atoms with Gasteiger partial charge in [-0.05, 0) is 11.4 Å². The molecule has 6 nitrogen and oxygen atoms in total. The first-order valence-electron chi connectivity index (χ1n) is 6.59. The molecule has 0 spiro atoms. The van der Waals surface area contributed by atoms with Gasteiger partial charge in [-0.25, -0.2) is 13.4 Å². The molecule has 3 heterocycles. The lowest BCUT2D eigenvalue weighted by atomic mass is 10.3. The molecule has 1 saturated heterocycles. The highest BCUT2D eigenvalue weighted by Gasteiger charge is 2.34. The lowest BCUT2D eigenvalue weighted by Gasteiger charge is -2.35. The standard InChI is InChI=1S/C12H16N4O2S3/c1-2-21(17,18)9-7-19-6-4-16(9)10-8-3-5-20-11(8)15-12(13)14-10/h3,5,9H,2,4,6-7H2,1H3,(H2,13,14,15). The summed E-state index contributed by atoms with van der Waals surface area (Å²) in [5.41, 5.74) is 5.78. The Labute approximate surface area is 131 Å². The summed E-state index contributed by atoms with van der Waals surface area (Å²) >= 11 is 3.14. The van der Waals surface area contributed by atoms with Crippen LogP contribution in [0.5, 0.6) is 0 Å². The van der Waals surface area contributed by atoms with E-state index in [0.29, 0.717) is 18.1 Å². The highest BCUT2D eigenvalue weighted by molar-refractivity contribution is 8.01. The maximum atomic E-state index is 12.4. The van der Waals surface area contributed by atoms with Crippen molar-refractivity contribution < 1.29 is 8.42 Å². The van der Waals surface area contributed by atoms with Gasteiger partial charge in [0.2, 0.25) is 5.95 Å². The summed E-state index contributed by atoms with van der Waals surface area (Å²) in [7, 11) is -3.18. The van der Waals surface area contributed by atoms with Gasteiger partial charge in [0.15, 0.2) is 9.84 Å². The highest BCUT2D eigenvalue weighted by Crippen LogP contribution is 2.33. The third kappa shape index (κ3) is 2.69. The van der Waals surface area contributed by atoms with Crippen LogP contribution in [0.3, 0.4) is 0 Å². The molecule has 3 rings (SSSR count). The number of thioether (sulfide) groups is 1. The van der Waals surface area contributed by atoms with E-state index >= 15 is 0 Å². The zero-order valence-corrected chi connectivity index (χ0v) is 14.0.